The third kappa shape index (κ3) is 16.6. The van der Waals surface area contributed by atoms with Crippen LogP contribution in [0.1, 0.15) is 268 Å². The second-order valence-corrected chi connectivity index (χ2v) is 34.8. The third-order valence-electron chi connectivity index (χ3n) is 23.1. The van der Waals surface area contributed by atoms with Crippen molar-refractivity contribution in [1.82, 2.24) is 0 Å². The highest BCUT2D eigenvalue weighted by atomic mass is 32.1. The molecule has 14 rings (SSSR count). The highest BCUT2D eigenvalue weighted by Gasteiger charge is 2.55. The van der Waals surface area contributed by atoms with Gasteiger partial charge in [-0.2, -0.15) is 0 Å². The zero-order chi connectivity index (χ0) is 80.4. The molecule has 0 saturated carbocycles. The molecule has 4 aliphatic rings. The summed E-state index contributed by atoms with van der Waals surface area (Å²) in [6.45, 7) is 27.6. The molecule has 0 aliphatic heterocycles. The van der Waals surface area contributed by atoms with Gasteiger partial charge in [0.15, 0.2) is 11.6 Å². The number of allylic oxidation sites excluding steroid dienone is 10. The molecule has 0 bridgehead atoms. The van der Waals surface area contributed by atoms with Gasteiger partial charge < -0.3 is 18.9 Å². The highest BCUT2D eigenvalue weighted by molar-refractivity contribution is 7.34. The second-order valence-electron chi connectivity index (χ2n) is 30.6. The first-order chi connectivity index (χ1) is 57.1. The van der Waals surface area contributed by atoms with Crippen LogP contribution in [0, 0.1) is 35.8 Å². The molecule has 0 fully saturated rings. The topological polar surface area (TPSA) is 127 Å². The Kier molecular flexibility index (Phi) is 27.4. The molecule has 0 amide bonds. The molecule has 10 nitrogen and oxygen atoms in total. The largest absolute Gasteiger partial charge is 0.494 e. The molecule has 6 aromatic carbocycles. The molecular weight excluding hydrogens is 1510 g/mol. The number of ether oxygens (including phenoxy) is 4. The first kappa shape index (κ1) is 81.9. The molecule has 0 radical (unpaired) electrons. The van der Waals surface area contributed by atoms with E-state index in [1.54, 1.807) is 47.0 Å². The van der Waals surface area contributed by atoms with Crippen LogP contribution in [-0.2, 0) is 10.8 Å². The average Bonchev–Trinajstić information content (AvgIpc) is 1.48. The molecule has 4 aliphatic carbocycles. The number of ketones is 2. The van der Waals surface area contributed by atoms with Crippen LogP contribution in [0.5, 0.6) is 23.0 Å². The molecular formula is C102H100N4O6S4. The fourth-order valence-electron chi connectivity index (χ4n) is 17.3. The number of carbonyl (C=O) groups excluding carboxylic acids is 2. The number of nitriles is 2. The fraction of sp³-hybridized carbons (Fsp3) is 0.333. The predicted molar refractivity (Wildman–Crippen MR) is 480 cm³/mol. The van der Waals surface area contributed by atoms with E-state index in [0.717, 1.165) is 127 Å². The lowest BCUT2D eigenvalue weighted by Crippen LogP contribution is -2.28. The van der Waals surface area contributed by atoms with Crippen LogP contribution in [-0.4, -0.2) is 38.0 Å². The number of unbranched alkanes of at least 4 members (excludes halogenated alkanes) is 20. The summed E-state index contributed by atoms with van der Waals surface area (Å²) in [4.78, 5) is 42.5. The minimum Gasteiger partial charge on any atom is -0.494 e. The summed E-state index contributed by atoms with van der Waals surface area (Å²) in [6.07, 6.45) is 39.4. The van der Waals surface area contributed by atoms with E-state index in [9.17, 15) is 20.1 Å². The van der Waals surface area contributed by atoms with Gasteiger partial charge in [-0.15, -0.1) is 45.3 Å². The number of fused-ring (bicyclic) bond motifs is 11. The second kappa shape index (κ2) is 38.8. The maximum Gasteiger partial charge on any atom is 0.270 e. The lowest BCUT2D eigenvalue weighted by Gasteiger charge is -2.34. The van der Waals surface area contributed by atoms with Crippen molar-refractivity contribution in [3.8, 4) is 54.6 Å². The van der Waals surface area contributed by atoms with Gasteiger partial charge in [-0.25, -0.2) is 20.2 Å². The van der Waals surface area contributed by atoms with E-state index in [1.165, 1.54) is 133 Å². The summed E-state index contributed by atoms with van der Waals surface area (Å²) in [5.74, 6) is 2.82. The van der Waals surface area contributed by atoms with Gasteiger partial charge in [0.05, 0.1) is 91.4 Å². The minimum atomic E-state index is -0.913. The maximum absolute atomic E-state index is 14.3. The molecule has 588 valence electrons. The van der Waals surface area contributed by atoms with Crippen LogP contribution in [0.2, 0.25) is 0 Å². The number of hydrogen-bond acceptors (Lipinski definition) is 12. The van der Waals surface area contributed by atoms with Gasteiger partial charge in [-0.3, -0.25) is 9.59 Å². The number of Topliss-reactive ketones (excluding diaryl/α,β-unsaturated/α-hetero) is 2. The lowest BCUT2D eigenvalue weighted by molar-refractivity contribution is 0.103. The third-order valence-corrected chi connectivity index (χ3v) is 28.1. The maximum atomic E-state index is 14.3. The Hall–Kier alpha value is -10.7. The van der Waals surface area contributed by atoms with Crippen molar-refractivity contribution < 1.29 is 28.5 Å². The number of carbonyl (C=O) groups is 2. The van der Waals surface area contributed by atoms with Crippen molar-refractivity contribution in [2.24, 2.45) is 0 Å². The van der Waals surface area contributed by atoms with Gasteiger partial charge >= 0.3 is 0 Å². The molecule has 0 atom stereocenters. The van der Waals surface area contributed by atoms with Crippen molar-refractivity contribution >= 4 is 89.6 Å². The summed E-state index contributed by atoms with van der Waals surface area (Å²) in [6, 6.07) is 58.8. The zero-order valence-corrected chi connectivity index (χ0v) is 70.4. The van der Waals surface area contributed by atoms with Crippen molar-refractivity contribution in [3.63, 3.8) is 0 Å². The summed E-state index contributed by atoms with van der Waals surface area (Å²) in [5, 5.41) is 20.6. The molecule has 0 spiro atoms. The number of rotatable bonds is 40. The van der Waals surface area contributed by atoms with E-state index in [0.29, 0.717) is 71.0 Å². The summed E-state index contributed by atoms with van der Waals surface area (Å²) in [7, 11) is 0. The number of nitrogens with zero attached hydrogens (tertiary/aromatic N) is 4. The summed E-state index contributed by atoms with van der Waals surface area (Å²) >= 11 is 7.19. The molecule has 4 heterocycles. The van der Waals surface area contributed by atoms with Crippen molar-refractivity contribution in [2.45, 2.75) is 193 Å². The fourth-order valence-corrected chi connectivity index (χ4v) is 23.0. The Bertz CT molecular complexity index is 5090. The van der Waals surface area contributed by atoms with E-state index in [2.05, 4.69) is 171 Å². The SMILES string of the molecule is [C-]#[N+]\C(C#N)=C1/C(=C/C=C/c2cc3c(s2)-c2sc4c5c(sc4c2C3(c2ccc(OCCCCCCCC)cc2)c2ccc(OCCCCCCCC)cc2)-c2sc(/C=C/C=C3\C(=O)c4ccccc4\C3=C(\C#N)[N+]#[C-])cc2C5(c2ccc(OCCCCCCCC)cc2)c2ccc(OCCCCCCCC)cc2)C(=O)c2ccccc21. The quantitative estimate of drug-likeness (QED) is 0.0161. The van der Waals surface area contributed by atoms with Gasteiger partial charge in [0.1, 0.15) is 23.0 Å². The Morgan fingerprint density at radius 1 is 0.379 bits per heavy atom. The van der Waals surface area contributed by atoms with Gasteiger partial charge in [-0.05, 0) is 143 Å². The molecule has 0 N–H and O–H groups in total. The van der Waals surface area contributed by atoms with Crippen molar-refractivity contribution in [2.75, 3.05) is 26.4 Å². The first-order valence-electron chi connectivity index (χ1n) is 42.0. The predicted octanol–water partition coefficient (Wildman–Crippen LogP) is 28.7. The highest BCUT2D eigenvalue weighted by Crippen LogP contribution is 2.70. The number of thiophene rings is 4. The van der Waals surface area contributed by atoms with E-state index in [4.69, 9.17) is 32.1 Å². The monoisotopic (exact) mass is 1600 g/mol. The van der Waals surface area contributed by atoms with E-state index < -0.39 is 10.8 Å². The zero-order valence-electron chi connectivity index (χ0n) is 67.1. The number of benzene rings is 6. The molecule has 4 aromatic heterocycles. The van der Waals surface area contributed by atoms with Gasteiger partial charge in [0.2, 0.25) is 0 Å². The van der Waals surface area contributed by atoms with Gasteiger partial charge in [0, 0.05) is 54.3 Å². The van der Waals surface area contributed by atoms with E-state index >= 15 is 0 Å². The standard InChI is InChI=1S/C102H100N4O6S4/c1-7-11-15-19-23-31-61-109-73-53-45-69(46-54-73)101(70-47-55-74(56-48-70)110-62-32-24-20-16-12-8-2)85-65-77(37-35-43-83-89(87(67-103)105-5)79-39-27-29-41-81(79)93(83)107)113-95(85)97-91(101)99-100(115-97)92-98(116-99)96-86(66-78(114-96)38-36-44-84-90(88(68-104)106-6)80-40-28-30-42-82(80)94(84)108)102(92,71-49-57-75(58-50-71)111-63-33-25-21-17-13-9-3)72-51-59-76(60-52-72)112-64-34-26-22-18-14-10-4/h27-30,35-60,65-66H,7-26,31-34,61-64H2,1-4H3/b37-35+,38-36+,83-43-,84-44-,89-87-,90-88+. The minimum absolute atomic E-state index is 0.122. The van der Waals surface area contributed by atoms with Crippen LogP contribution in [0.3, 0.4) is 0 Å². The molecule has 0 saturated heterocycles. The number of hydrogen-bond donors (Lipinski definition) is 0. The Labute approximate surface area is 701 Å². The normalized spacial score (nSPS) is 15.5. The Morgan fingerprint density at radius 3 is 0.948 bits per heavy atom. The van der Waals surface area contributed by atoms with Crippen LogP contribution >= 0.6 is 45.3 Å². The Balaban J connectivity index is 0.975. The van der Waals surface area contributed by atoms with E-state index in [-0.39, 0.29) is 23.0 Å². The molecule has 116 heavy (non-hydrogen) atoms. The summed E-state index contributed by atoms with van der Waals surface area (Å²) < 4.78 is 28.9. The lowest BCUT2D eigenvalue weighted by atomic mass is 9.67. The van der Waals surface area contributed by atoms with Crippen LogP contribution in [0.25, 0.3) is 61.9 Å². The van der Waals surface area contributed by atoms with E-state index in [1.807, 2.05) is 71.2 Å². The van der Waals surface area contributed by atoms with Crippen molar-refractivity contribution in [1.29, 1.82) is 10.5 Å². The van der Waals surface area contributed by atoms with Crippen LogP contribution in [0.4, 0.5) is 0 Å². The Morgan fingerprint density at radius 2 is 0.664 bits per heavy atom. The average molecular weight is 1610 g/mol. The van der Waals surface area contributed by atoms with Crippen LogP contribution in [0.15, 0.2) is 205 Å². The molecule has 10 aromatic rings. The molecule has 14 heteroatoms. The molecule has 0 unspecified atom stereocenters. The van der Waals surface area contributed by atoms with Crippen molar-refractivity contribution in [3.05, 3.63) is 304 Å². The van der Waals surface area contributed by atoms with Gasteiger partial charge in [0.25, 0.3) is 11.4 Å². The smallest absolute Gasteiger partial charge is 0.270 e. The van der Waals surface area contributed by atoms with Gasteiger partial charge in [-0.1, -0.05) is 277 Å². The first-order valence-corrected chi connectivity index (χ1v) is 45.3. The van der Waals surface area contributed by atoms with Crippen LogP contribution < -0.4 is 18.9 Å². The summed E-state index contributed by atoms with van der Waals surface area (Å²) in [5.41, 5.74) is 10.4.